The van der Waals surface area contributed by atoms with Crippen LogP contribution in [0.2, 0.25) is 0 Å². The van der Waals surface area contributed by atoms with Crippen LogP contribution in [0.25, 0.3) is 5.57 Å². The minimum Gasteiger partial charge on any atom is -0.497 e. The standard InChI is InChI=1S/C25H28N2O5/c1-16-6-5-11-26(15-16)23-22(17-7-9-19(30-2)10-8-17)24(28)27(25(23)29)18-12-20(31-3)14-21(13-18)32-4/h7-10,12-14,16H,5-6,11,15H2,1-4H3. The first-order valence-electron chi connectivity index (χ1n) is 10.7. The Hall–Kier alpha value is -3.48. The zero-order chi connectivity index (χ0) is 22.8. The van der Waals surface area contributed by atoms with Crippen molar-refractivity contribution in [2.24, 2.45) is 5.92 Å². The molecule has 0 bridgehead atoms. The van der Waals surface area contributed by atoms with Gasteiger partial charge in [-0.05, 0) is 36.5 Å². The maximum atomic E-state index is 13.7. The fraction of sp³-hybridized carbons (Fsp3) is 0.360. The number of benzene rings is 2. The highest BCUT2D eigenvalue weighted by atomic mass is 16.5. The number of likely N-dealkylation sites (tertiary alicyclic amines) is 1. The van der Waals surface area contributed by atoms with Crippen LogP contribution in [0.5, 0.6) is 17.2 Å². The van der Waals surface area contributed by atoms with Crippen LogP contribution in [0.4, 0.5) is 5.69 Å². The van der Waals surface area contributed by atoms with Crippen molar-refractivity contribution in [3.63, 3.8) is 0 Å². The van der Waals surface area contributed by atoms with Crippen LogP contribution in [-0.4, -0.2) is 51.1 Å². The first kappa shape index (κ1) is 21.7. The molecule has 0 saturated carbocycles. The monoisotopic (exact) mass is 436 g/mol. The van der Waals surface area contributed by atoms with E-state index < -0.39 is 0 Å². The maximum Gasteiger partial charge on any atom is 0.282 e. The van der Waals surface area contributed by atoms with Gasteiger partial charge in [-0.2, -0.15) is 0 Å². The molecule has 1 unspecified atom stereocenters. The number of carbonyl (C=O) groups is 2. The number of nitrogens with zero attached hydrogens (tertiary/aromatic N) is 2. The number of hydrogen-bond acceptors (Lipinski definition) is 6. The summed E-state index contributed by atoms with van der Waals surface area (Å²) < 4.78 is 16.0. The van der Waals surface area contributed by atoms with E-state index in [0.29, 0.717) is 45.7 Å². The van der Waals surface area contributed by atoms with Crippen LogP contribution in [0.15, 0.2) is 48.2 Å². The number of ether oxygens (including phenoxy) is 3. The van der Waals surface area contributed by atoms with E-state index in [4.69, 9.17) is 14.2 Å². The van der Waals surface area contributed by atoms with Crippen molar-refractivity contribution in [1.82, 2.24) is 4.90 Å². The fourth-order valence-corrected chi connectivity index (χ4v) is 4.38. The predicted octanol–water partition coefficient (Wildman–Crippen LogP) is 3.73. The molecule has 2 amide bonds. The zero-order valence-electron chi connectivity index (χ0n) is 18.9. The molecule has 0 aliphatic carbocycles. The highest BCUT2D eigenvalue weighted by Crippen LogP contribution is 2.39. The molecular weight excluding hydrogens is 408 g/mol. The Morgan fingerprint density at radius 1 is 0.844 bits per heavy atom. The lowest BCUT2D eigenvalue weighted by molar-refractivity contribution is -0.120. The topological polar surface area (TPSA) is 68.3 Å². The van der Waals surface area contributed by atoms with E-state index in [9.17, 15) is 9.59 Å². The van der Waals surface area contributed by atoms with Crippen molar-refractivity contribution in [3.05, 3.63) is 53.7 Å². The Balaban J connectivity index is 1.82. The Kier molecular flexibility index (Phi) is 6.08. The van der Waals surface area contributed by atoms with Crippen LogP contribution in [0.3, 0.4) is 0 Å². The summed E-state index contributed by atoms with van der Waals surface area (Å²) in [6.07, 6.45) is 2.09. The first-order valence-corrected chi connectivity index (χ1v) is 10.7. The van der Waals surface area contributed by atoms with Crippen molar-refractivity contribution >= 4 is 23.1 Å². The molecule has 168 valence electrons. The summed E-state index contributed by atoms with van der Waals surface area (Å²) in [6.45, 7) is 3.66. The lowest BCUT2D eigenvalue weighted by Crippen LogP contribution is -2.39. The summed E-state index contributed by atoms with van der Waals surface area (Å²) in [4.78, 5) is 30.7. The van der Waals surface area contributed by atoms with Crippen molar-refractivity contribution in [2.45, 2.75) is 19.8 Å². The molecule has 0 aromatic heterocycles. The number of imide groups is 1. The van der Waals surface area contributed by atoms with Crippen LogP contribution in [0.1, 0.15) is 25.3 Å². The normalized spacial score (nSPS) is 18.9. The van der Waals surface area contributed by atoms with Crippen LogP contribution in [-0.2, 0) is 9.59 Å². The third kappa shape index (κ3) is 3.90. The summed E-state index contributed by atoms with van der Waals surface area (Å²) in [7, 11) is 4.67. The Morgan fingerprint density at radius 3 is 2.03 bits per heavy atom. The lowest BCUT2D eigenvalue weighted by atomic mass is 9.98. The van der Waals surface area contributed by atoms with Crippen LogP contribution in [0, 0.1) is 5.92 Å². The fourth-order valence-electron chi connectivity index (χ4n) is 4.38. The molecule has 0 N–H and O–H groups in total. The molecular formula is C25H28N2O5. The van der Waals surface area contributed by atoms with Gasteiger partial charge in [0.2, 0.25) is 0 Å². The van der Waals surface area contributed by atoms with Gasteiger partial charge in [-0.25, -0.2) is 4.90 Å². The molecule has 2 aliphatic rings. The van der Waals surface area contributed by atoms with Gasteiger partial charge in [-0.15, -0.1) is 0 Å². The second-order valence-electron chi connectivity index (χ2n) is 8.16. The SMILES string of the molecule is COc1ccc(C2=C(N3CCCC(C)C3)C(=O)N(c3cc(OC)cc(OC)c3)C2=O)cc1. The highest BCUT2D eigenvalue weighted by molar-refractivity contribution is 6.45. The average molecular weight is 437 g/mol. The second-order valence-corrected chi connectivity index (χ2v) is 8.16. The van der Waals surface area contributed by atoms with E-state index in [1.54, 1.807) is 37.4 Å². The summed E-state index contributed by atoms with van der Waals surface area (Å²) in [5.41, 5.74) is 1.97. The molecule has 32 heavy (non-hydrogen) atoms. The summed E-state index contributed by atoms with van der Waals surface area (Å²) >= 11 is 0. The predicted molar refractivity (Wildman–Crippen MR) is 122 cm³/mol. The number of piperidine rings is 1. The van der Waals surface area contributed by atoms with Gasteiger partial charge in [-0.3, -0.25) is 9.59 Å². The minimum absolute atomic E-state index is 0.328. The van der Waals surface area contributed by atoms with E-state index in [2.05, 4.69) is 11.8 Å². The quantitative estimate of drug-likeness (QED) is 0.643. The van der Waals surface area contributed by atoms with E-state index in [1.807, 2.05) is 12.1 Å². The molecule has 1 atom stereocenters. The molecule has 7 heteroatoms. The van der Waals surface area contributed by atoms with E-state index in [0.717, 1.165) is 25.9 Å². The van der Waals surface area contributed by atoms with E-state index in [1.165, 1.54) is 19.1 Å². The number of carbonyl (C=O) groups excluding carboxylic acids is 2. The van der Waals surface area contributed by atoms with Crippen molar-refractivity contribution in [1.29, 1.82) is 0 Å². The number of anilines is 1. The summed E-state index contributed by atoms with van der Waals surface area (Å²) in [6, 6.07) is 12.3. The van der Waals surface area contributed by atoms with Gasteiger partial charge in [0.25, 0.3) is 11.8 Å². The second kappa shape index (κ2) is 8.94. The highest BCUT2D eigenvalue weighted by Gasteiger charge is 2.43. The molecule has 2 aliphatic heterocycles. The summed E-state index contributed by atoms with van der Waals surface area (Å²) in [5.74, 6) is 1.46. The molecule has 7 nitrogen and oxygen atoms in total. The molecule has 1 saturated heterocycles. The number of rotatable bonds is 6. The van der Waals surface area contributed by atoms with Gasteiger partial charge in [0.05, 0.1) is 32.6 Å². The molecule has 1 fully saturated rings. The lowest BCUT2D eigenvalue weighted by Gasteiger charge is -2.33. The molecule has 0 spiro atoms. The van der Waals surface area contributed by atoms with Crippen LogP contribution >= 0.6 is 0 Å². The third-order valence-corrected chi connectivity index (χ3v) is 6.01. The molecule has 4 rings (SSSR count). The zero-order valence-corrected chi connectivity index (χ0v) is 18.9. The van der Waals surface area contributed by atoms with Crippen molar-refractivity contribution < 1.29 is 23.8 Å². The van der Waals surface area contributed by atoms with Crippen molar-refractivity contribution in [2.75, 3.05) is 39.3 Å². The van der Waals surface area contributed by atoms with Gasteiger partial charge in [0.1, 0.15) is 22.9 Å². The number of hydrogen-bond donors (Lipinski definition) is 0. The molecule has 0 radical (unpaired) electrons. The average Bonchev–Trinajstić information content (AvgIpc) is 3.08. The molecule has 2 aromatic rings. The Bertz CT molecular complexity index is 1040. The van der Waals surface area contributed by atoms with Crippen molar-refractivity contribution in [3.8, 4) is 17.2 Å². The first-order chi connectivity index (χ1) is 15.5. The Morgan fingerprint density at radius 2 is 1.47 bits per heavy atom. The molecule has 2 heterocycles. The van der Waals surface area contributed by atoms with E-state index in [-0.39, 0.29) is 11.8 Å². The minimum atomic E-state index is -0.358. The van der Waals surface area contributed by atoms with Gasteiger partial charge in [0, 0.05) is 31.3 Å². The van der Waals surface area contributed by atoms with Gasteiger partial charge in [0.15, 0.2) is 0 Å². The largest absolute Gasteiger partial charge is 0.497 e. The van der Waals surface area contributed by atoms with Crippen LogP contribution < -0.4 is 19.1 Å². The third-order valence-electron chi connectivity index (χ3n) is 6.01. The maximum absolute atomic E-state index is 13.7. The summed E-state index contributed by atoms with van der Waals surface area (Å²) in [5, 5.41) is 0. The smallest absolute Gasteiger partial charge is 0.282 e. The van der Waals surface area contributed by atoms with Gasteiger partial charge < -0.3 is 19.1 Å². The number of methoxy groups -OCH3 is 3. The Labute approximate surface area is 188 Å². The number of amides is 2. The van der Waals surface area contributed by atoms with E-state index >= 15 is 0 Å². The molecule has 2 aromatic carbocycles. The van der Waals surface area contributed by atoms with Gasteiger partial charge >= 0.3 is 0 Å². The van der Waals surface area contributed by atoms with Gasteiger partial charge in [-0.1, -0.05) is 19.1 Å².